The Balaban J connectivity index is 1.92. The quantitative estimate of drug-likeness (QED) is 0.860. The van der Waals surface area contributed by atoms with Crippen LogP contribution in [0.3, 0.4) is 0 Å². The molecule has 2 aromatic heterocycles. The van der Waals surface area contributed by atoms with E-state index in [0.29, 0.717) is 5.82 Å². The lowest BCUT2D eigenvalue weighted by Crippen LogP contribution is -2.31. The molecular weight excluding hydrogens is 230 g/mol. The van der Waals surface area contributed by atoms with Crippen molar-refractivity contribution in [2.24, 2.45) is 0 Å². The monoisotopic (exact) mass is 243 g/mol. The van der Waals surface area contributed by atoms with Crippen LogP contribution in [0.15, 0.2) is 42.9 Å². The summed E-state index contributed by atoms with van der Waals surface area (Å²) in [5.41, 5.74) is 0.985. The van der Waals surface area contributed by atoms with Gasteiger partial charge in [-0.1, -0.05) is 0 Å². The fourth-order valence-electron chi connectivity index (χ4n) is 1.45. The van der Waals surface area contributed by atoms with Crippen LogP contribution in [0.1, 0.15) is 18.5 Å². The smallest absolute Gasteiger partial charge is 0.320 e. The molecule has 2 aromatic rings. The molecular formula is C12H13N5O. The van der Waals surface area contributed by atoms with Gasteiger partial charge in [0.1, 0.15) is 0 Å². The van der Waals surface area contributed by atoms with Crippen LogP contribution in [0.2, 0.25) is 0 Å². The maximum Gasteiger partial charge on any atom is 0.320 e. The van der Waals surface area contributed by atoms with Crippen LogP contribution in [0.25, 0.3) is 0 Å². The van der Waals surface area contributed by atoms with E-state index in [1.54, 1.807) is 30.7 Å². The summed E-state index contributed by atoms with van der Waals surface area (Å²) in [5, 5.41) is 12.8. The summed E-state index contributed by atoms with van der Waals surface area (Å²) in [4.78, 5) is 15.6. The Kier molecular flexibility index (Phi) is 3.80. The number of nitrogens with zero attached hydrogens (tertiary/aromatic N) is 3. The van der Waals surface area contributed by atoms with E-state index >= 15 is 0 Å². The number of anilines is 1. The van der Waals surface area contributed by atoms with Gasteiger partial charge in [0.05, 0.1) is 6.04 Å². The first kappa shape index (κ1) is 12.0. The maximum atomic E-state index is 11.7. The Hall–Kier alpha value is -2.50. The van der Waals surface area contributed by atoms with Crippen LogP contribution in [0.5, 0.6) is 0 Å². The normalized spacial score (nSPS) is 11.6. The number of aromatic nitrogens is 3. The van der Waals surface area contributed by atoms with Gasteiger partial charge in [0.15, 0.2) is 5.82 Å². The van der Waals surface area contributed by atoms with E-state index in [0.717, 1.165) is 5.56 Å². The molecule has 92 valence electrons. The molecule has 1 atom stereocenters. The summed E-state index contributed by atoms with van der Waals surface area (Å²) in [7, 11) is 0. The lowest BCUT2D eigenvalue weighted by molar-refractivity contribution is 0.249. The van der Waals surface area contributed by atoms with Gasteiger partial charge in [-0.05, 0) is 36.8 Å². The maximum absolute atomic E-state index is 11.7. The van der Waals surface area contributed by atoms with Crippen LogP contribution < -0.4 is 10.6 Å². The summed E-state index contributed by atoms with van der Waals surface area (Å²) in [6.45, 7) is 1.89. The van der Waals surface area contributed by atoms with Crippen molar-refractivity contribution >= 4 is 11.8 Å². The molecule has 0 radical (unpaired) electrons. The average Bonchev–Trinajstić information content (AvgIpc) is 2.40. The molecule has 18 heavy (non-hydrogen) atoms. The van der Waals surface area contributed by atoms with E-state index in [2.05, 4.69) is 25.8 Å². The number of pyridine rings is 1. The van der Waals surface area contributed by atoms with E-state index in [4.69, 9.17) is 0 Å². The van der Waals surface area contributed by atoms with Gasteiger partial charge < -0.3 is 5.32 Å². The number of nitrogens with one attached hydrogen (secondary N) is 2. The number of hydrogen-bond acceptors (Lipinski definition) is 4. The highest BCUT2D eigenvalue weighted by Gasteiger charge is 2.09. The molecule has 2 heterocycles. The molecule has 0 aliphatic heterocycles. The third-order valence-electron chi connectivity index (χ3n) is 2.37. The second-order valence-electron chi connectivity index (χ2n) is 3.71. The van der Waals surface area contributed by atoms with E-state index in [-0.39, 0.29) is 12.1 Å². The van der Waals surface area contributed by atoms with Crippen molar-refractivity contribution in [3.8, 4) is 0 Å². The zero-order valence-electron chi connectivity index (χ0n) is 9.87. The Bertz CT molecular complexity index is 502. The second-order valence-corrected chi connectivity index (χ2v) is 3.71. The molecule has 0 unspecified atom stereocenters. The zero-order chi connectivity index (χ0) is 12.8. The van der Waals surface area contributed by atoms with Gasteiger partial charge in [-0.15, -0.1) is 5.10 Å². The summed E-state index contributed by atoms with van der Waals surface area (Å²) in [6.07, 6.45) is 4.92. The zero-order valence-corrected chi connectivity index (χ0v) is 9.87. The Morgan fingerprint density at radius 3 is 2.67 bits per heavy atom. The fraction of sp³-hybridized carbons (Fsp3) is 0.167. The van der Waals surface area contributed by atoms with Crippen molar-refractivity contribution in [2.45, 2.75) is 13.0 Å². The lowest BCUT2D eigenvalue weighted by Gasteiger charge is -2.14. The molecule has 6 heteroatoms. The van der Waals surface area contributed by atoms with Crippen molar-refractivity contribution < 1.29 is 4.79 Å². The van der Waals surface area contributed by atoms with Crippen molar-refractivity contribution in [1.82, 2.24) is 20.5 Å². The molecule has 0 fully saturated rings. The lowest BCUT2D eigenvalue weighted by atomic mass is 10.1. The summed E-state index contributed by atoms with van der Waals surface area (Å²) in [6, 6.07) is 6.66. The van der Waals surface area contributed by atoms with Gasteiger partial charge in [0, 0.05) is 18.6 Å². The largest absolute Gasteiger partial charge is 0.331 e. The Morgan fingerprint density at radius 1 is 1.22 bits per heavy atom. The third-order valence-corrected chi connectivity index (χ3v) is 2.37. The number of rotatable bonds is 3. The average molecular weight is 243 g/mol. The SMILES string of the molecule is C[C@H](NC(=O)Nc1cccnn1)c1ccncc1. The molecule has 0 aliphatic rings. The number of urea groups is 1. The van der Waals surface area contributed by atoms with E-state index in [1.807, 2.05) is 19.1 Å². The van der Waals surface area contributed by atoms with Crippen LogP contribution in [-0.2, 0) is 0 Å². The summed E-state index contributed by atoms with van der Waals surface area (Å²) < 4.78 is 0. The van der Waals surface area contributed by atoms with Gasteiger partial charge in [-0.2, -0.15) is 5.10 Å². The minimum atomic E-state index is -0.320. The molecule has 0 bridgehead atoms. The molecule has 0 aromatic carbocycles. The summed E-state index contributed by atoms with van der Waals surface area (Å²) in [5.74, 6) is 0.414. The van der Waals surface area contributed by atoms with Crippen molar-refractivity contribution in [3.63, 3.8) is 0 Å². The first-order chi connectivity index (χ1) is 8.75. The number of carbonyl (C=O) groups is 1. The highest BCUT2D eigenvalue weighted by atomic mass is 16.2. The minimum absolute atomic E-state index is 0.107. The molecule has 0 saturated carbocycles. The van der Waals surface area contributed by atoms with Crippen molar-refractivity contribution in [2.75, 3.05) is 5.32 Å². The van der Waals surface area contributed by atoms with Crippen molar-refractivity contribution in [3.05, 3.63) is 48.4 Å². The first-order valence-electron chi connectivity index (χ1n) is 5.51. The molecule has 0 spiro atoms. The standard InChI is InChI=1S/C12H13N5O/c1-9(10-4-7-13-8-5-10)15-12(18)16-11-3-2-6-14-17-11/h2-9H,1H3,(H2,15,16,17,18)/t9-/m0/s1. The highest BCUT2D eigenvalue weighted by molar-refractivity contribution is 5.88. The Labute approximate surface area is 104 Å². The highest BCUT2D eigenvalue weighted by Crippen LogP contribution is 2.10. The van der Waals surface area contributed by atoms with E-state index in [1.165, 1.54) is 0 Å². The second kappa shape index (κ2) is 5.72. The van der Waals surface area contributed by atoms with Gasteiger partial charge in [-0.25, -0.2) is 4.79 Å². The minimum Gasteiger partial charge on any atom is -0.331 e. The van der Waals surface area contributed by atoms with Crippen LogP contribution in [0.4, 0.5) is 10.6 Å². The van der Waals surface area contributed by atoms with Crippen molar-refractivity contribution in [1.29, 1.82) is 0 Å². The predicted octanol–water partition coefficient (Wildman–Crippen LogP) is 1.75. The predicted molar refractivity (Wildman–Crippen MR) is 66.8 cm³/mol. The molecule has 2 rings (SSSR count). The van der Waals surface area contributed by atoms with Gasteiger partial charge in [0.25, 0.3) is 0 Å². The molecule has 0 saturated heterocycles. The van der Waals surface area contributed by atoms with Crippen LogP contribution >= 0.6 is 0 Å². The number of amides is 2. The summed E-state index contributed by atoms with van der Waals surface area (Å²) >= 11 is 0. The molecule has 0 aliphatic carbocycles. The van der Waals surface area contributed by atoms with Crippen LogP contribution in [-0.4, -0.2) is 21.2 Å². The van der Waals surface area contributed by atoms with E-state index in [9.17, 15) is 4.79 Å². The number of carbonyl (C=O) groups excluding carboxylic acids is 1. The van der Waals surface area contributed by atoms with E-state index < -0.39 is 0 Å². The number of hydrogen-bond donors (Lipinski definition) is 2. The Morgan fingerprint density at radius 2 is 2.00 bits per heavy atom. The van der Waals surface area contributed by atoms with Gasteiger partial charge >= 0.3 is 6.03 Å². The molecule has 2 N–H and O–H groups in total. The fourth-order valence-corrected chi connectivity index (χ4v) is 1.45. The third kappa shape index (κ3) is 3.24. The molecule has 6 nitrogen and oxygen atoms in total. The van der Waals surface area contributed by atoms with Crippen LogP contribution in [0, 0.1) is 0 Å². The van der Waals surface area contributed by atoms with Gasteiger partial charge in [-0.3, -0.25) is 10.3 Å². The van der Waals surface area contributed by atoms with Gasteiger partial charge in [0.2, 0.25) is 0 Å². The molecule has 2 amide bonds. The first-order valence-corrected chi connectivity index (χ1v) is 5.51. The topological polar surface area (TPSA) is 79.8 Å².